The van der Waals surface area contributed by atoms with Crippen LogP contribution in [0.3, 0.4) is 0 Å². The zero-order valence-electron chi connectivity index (χ0n) is 8.60. The fourth-order valence-corrected chi connectivity index (χ4v) is 1.17. The van der Waals surface area contributed by atoms with E-state index < -0.39 is 6.10 Å². The molecule has 1 atom stereocenters. The third-order valence-electron chi connectivity index (χ3n) is 2.02. The van der Waals surface area contributed by atoms with Crippen molar-refractivity contribution in [3.63, 3.8) is 0 Å². The second-order valence-corrected chi connectivity index (χ2v) is 3.14. The Bertz CT molecular complexity index is 318. The first-order valence-corrected chi connectivity index (χ1v) is 4.64. The van der Waals surface area contributed by atoms with Gasteiger partial charge in [-0.3, -0.25) is 0 Å². The number of rotatable bonds is 5. The van der Waals surface area contributed by atoms with Crippen LogP contribution in [-0.2, 0) is 0 Å². The Morgan fingerprint density at radius 3 is 2.87 bits per heavy atom. The molecule has 1 rings (SSSR count). The minimum atomic E-state index is -0.796. The smallest absolute Gasteiger partial charge is 0.143 e. The molecule has 0 aliphatic carbocycles. The van der Waals surface area contributed by atoms with Crippen LogP contribution in [0.25, 0.3) is 0 Å². The number of nitrogens with two attached hydrogens (primary N) is 1. The standard InChI is InChI=1S/C10H16N2O3/c1-15-9-4-2-3-8(10(9)11)12-5-7(14)6-13/h2-4,7,12-14H,5-6,11H2,1H3. The van der Waals surface area contributed by atoms with Crippen LogP contribution >= 0.6 is 0 Å². The van der Waals surface area contributed by atoms with Gasteiger partial charge in [0.05, 0.1) is 31.2 Å². The molecule has 84 valence electrons. The largest absolute Gasteiger partial charge is 0.495 e. The Hall–Kier alpha value is -1.46. The van der Waals surface area contributed by atoms with Gasteiger partial charge in [-0.05, 0) is 12.1 Å². The molecule has 1 aromatic rings. The van der Waals surface area contributed by atoms with Crippen LogP contribution in [0.5, 0.6) is 5.75 Å². The Balaban J connectivity index is 2.68. The third-order valence-corrected chi connectivity index (χ3v) is 2.02. The second kappa shape index (κ2) is 5.43. The molecule has 0 bridgehead atoms. The molecule has 15 heavy (non-hydrogen) atoms. The Morgan fingerprint density at radius 2 is 2.27 bits per heavy atom. The lowest BCUT2D eigenvalue weighted by Crippen LogP contribution is -2.23. The van der Waals surface area contributed by atoms with Crippen molar-refractivity contribution in [2.45, 2.75) is 6.10 Å². The maximum absolute atomic E-state index is 9.15. The van der Waals surface area contributed by atoms with Crippen LogP contribution in [0.2, 0.25) is 0 Å². The van der Waals surface area contributed by atoms with Crippen molar-refractivity contribution in [2.24, 2.45) is 0 Å². The summed E-state index contributed by atoms with van der Waals surface area (Å²) < 4.78 is 5.04. The molecule has 0 amide bonds. The molecule has 0 aliphatic heterocycles. The van der Waals surface area contributed by atoms with Crippen molar-refractivity contribution in [3.05, 3.63) is 18.2 Å². The molecule has 0 saturated carbocycles. The zero-order chi connectivity index (χ0) is 11.3. The number of methoxy groups -OCH3 is 1. The van der Waals surface area contributed by atoms with Crippen molar-refractivity contribution in [3.8, 4) is 5.75 Å². The predicted molar refractivity (Wildman–Crippen MR) is 59.0 cm³/mol. The second-order valence-electron chi connectivity index (χ2n) is 3.14. The molecule has 5 nitrogen and oxygen atoms in total. The highest BCUT2D eigenvalue weighted by molar-refractivity contribution is 5.72. The third kappa shape index (κ3) is 3.00. The highest BCUT2D eigenvalue weighted by Crippen LogP contribution is 2.28. The van der Waals surface area contributed by atoms with Gasteiger partial charge in [-0.1, -0.05) is 6.07 Å². The number of benzene rings is 1. The molecule has 0 fully saturated rings. The Morgan fingerprint density at radius 1 is 1.53 bits per heavy atom. The normalized spacial score (nSPS) is 12.2. The Labute approximate surface area is 88.5 Å². The molecular formula is C10H16N2O3. The minimum absolute atomic E-state index is 0.244. The fraction of sp³-hybridized carbons (Fsp3) is 0.400. The summed E-state index contributed by atoms with van der Waals surface area (Å²) in [5.41, 5.74) is 6.96. The topological polar surface area (TPSA) is 87.7 Å². The molecule has 0 saturated heterocycles. The molecule has 0 spiro atoms. The van der Waals surface area contributed by atoms with Crippen molar-refractivity contribution < 1.29 is 14.9 Å². The number of para-hydroxylation sites is 1. The van der Waals surface area contributed by atoms with E-state index in [-0.39, 0.29) is 13.2 Å². The van der Waals surface area contributed by atoms with Gasteiger partial charge < -0.3 is 26.0 Å². The first-order chi connectivity index (χ1) is 7.19. The summed E-state index contributed by atoms with van der Waals surface area (Å²) in [6, 6.07) is 5.33. The highest BCUT2D eigenvalue weighted by atomic mass is 16.5. The quantitative estimate of drug-likeness (QED) is 0.518. The molecule has 1 unspecified atom stereocenters. The molecule has 0 aromatic heterocycles. The van der Waals surface area contributed by atoms with Crippen molar-refractivity contribution in [1.82, 2.24) is 0 Å². The average Bonchev–Trinajstić information content (AvgIpc) is 2.27. The number of aliphatic hydroxyl groups excluding tert-OH is 2. The van der Waals surface area contributed by atoms with Gasteiger partial charge >= 0.3 is 0 Å². The summed E-state index contributed by atoms with van der Waals surface area (Å²) in [6.07, 6.45) is -0.796. The van der Waals surface area contributed by atoms with Gasteiger partial charge in [0.1, 0.15) is 5.75 Å². The summed E-state index contributed by atoms with van der Waals surface area (Å²) in [4.78, 5) is 0. The van der Waals surface area contributed by atoms with Gasteiger partial charge in [0, 0.05) is 6.54 Å². The SMILES string of the molecule is COc1cccc(NCC(O)CO)c1N. The van der Waals surface area contributed by atoms with Crippen LogP contribution in [0.15, 0.2) is 18.2 Å². The van der Waals surface area contributed by atoms with Crippen LogP contribution < -0.4 is 15.8 Å². The number of ether oxygens (including phenoxy) is 1. The summed E-state index contributed by atoms with van der Waals surface area (Å²) >= 11 is 0. The van der Waals surface area contributed by atoms with Crippen molar-refractivity contribution in [2.75, 3.05) is 31.3 Å². The lowest BCUT2D eigenvalue weighted by molar-refractivity contribution is 0.105. The number of hydrogen-bond donors (Lipinski definition) is 4. The lowest BCUT2D eigenvalue weighted by atomic mass is 10.2. The van der Waals surface area contributed by atoms with Gasteiger partial charge in [-0.15, -0.1) is 0 Å². The van der Waals surface area contributed by atoms with Gasteiger partial charge in [-0.25, -0.2) is 0 Å². The van der Waals surface area contributed by atoms with Gasteiger partial charge in [0.25, 0.3) is 0 Å². The fourth-order valence-electron chi connectivity index (χ4n) is 1.17. The number of anilines is 2. The molecule has 5 heteroatoms. The highest BCUT2D eigenvalue weighted by Gasteiger charge is 2.06. The van der Waals surface area contributed by atoms with E-state index in [4.69, 9.17) is 20.7 Å². The molecule has 1 aromatic carbocycles. The van der Waals surface area contributed by atoms with E-state index in [1.165, 1.54) is 7.11 Å². The van der Waals surface area contributed by atoms with Gasteiger partial charge in [0.15, 0.2) is 0 Å². The van der Waals surface area contributed by atoms with Gasteiger partial charge in [-0.2, -0.15) is 0 Å². The molecule has 0 heterocycles. The van der Waals surface area contributed by atoms with E-state index in [2.05, 4.69) is 5.32 Å². The number of nitrogen functional groups attached to an aromatic ring is 1. The molecular weight excluding hydrogens is 196 g/mol. The van der Waals surface area contributed by atoms with Crippen LogP contribution in [0, 0.1) is 0 Å². The van der Waals surface area contributed by atoms with E-state index in [0.717, 1.165) is 0 Å². The summed E-state index contributed by atoms with van der Waals surface area (Å²) in [7, 11) is 1.54. The monoisotopic (exact) mass is 212 g/mol. The lowest BCUT2D eigenvalue weighted by Gasteiger charge is -2.13. The summed E-state index contributed by atoms with van der Waals surface area (Å²) in [6.45, 7) is -0.0370. The number of hydrogen-bond acceptors (Lipinski definition) is 5. The average molecular weight is 212 g/mol. The van der Waals surface area contributed by atoms with Crippen LogP contribution in [0.4, 0.5) is 11.4 Å². The predicted octanol–water partition coefficient (Wildman–Crippen LogP) is 0.0425. The van der Waals surface area contributed by atoms with E-state index >= 15 is 0 Å². The Kier molecular flexibility index (Phi) is 4.20. The number of aliphatic hydroxyl groups is 2. The summed E-state index contributed by atoms with van der Waals surface area (Å²) in [5.74, 6) is 0.582. The van der Waals surface area contributed by atoms with Crippen LogP contribution in [-0.4, -0.2) is 36.6 Å². The van der Waals surface area contributed by atoms with Crippen LogP contribution in [0.1, 0.15) is 0 Å². The first-order valence-electron chi connectivity index (χ1n) is 4.64. The van der Waals surface area contributed by atoms with Gasteiger partial charge in [0.2, 0.25) is 0 Å². The van der Waals surface area contributed by atoms with E-state index in [1.807, 2.05) is 0 Å². The first kappa shape index (κ1) is 11.6. The molecule has 5 N–H and O–H groups in total. The zero-order valence-corrected chi connectivity index (χ0v) is 8.60. The maximum Gasteiger partial charge on any atom is 0.143 e. The molecule has 0 radical (unpaired) electrons. The maximum atomic E-state index is 9.15. The summed E-state index contributed by atoms with van der Waals surface area (Å²) in [5, 5.41) is 20.7. The number of nitrogens with one attached hydrogen (secondary N) is 1. The van der Waals surface area contributed by atoms with Crippen molar-refractivity contribution >= 4 is 11.4 Å². The van der Waals surface area contributed by atoms with E-state index in [0.29, 0.717) is 17.1 Å². The minimum Gasteiger partial charge on any atom is -0.495 e. The van der Waals surface area contributed by atoms with Crippen molar-refractivity contribution in [1.29, 1.82) is 0 Å². The van der Waals surface area contributed by atoms with E-state index in [1.54, 1.807) is 18.2 Å². The molecule has 0 aliphatic rings. The van der Waals surface area contributed by atoms with E-state index in [9.17, 15) is 0 Å².